The van der Waals surface area contributed by atoms with Crippen LogP contribution in [0.3, 0.4) is 0 Å². The lowest BCUT2D eigenvalue weighted by molar-refractivity contribution is -0.137. The van der Waals surface area contributed by atoms with Crippen molar-refractivity contribution < 1.29 is 19.1 Å². The number of hydrogen-bond acceptors (Lipinski definition) is 5. The highest BCUT2D eigenvalue weighted by molar-refractivity contribution is 6.30. The van der Waals surface area contributed by atoms with Crippen molar-refractivity contribution in [3.63, 3.8) is 0 Å². The second-order valence-corrected chi connectivity index (χ2v) is 5.87. The summed E-state index contributed by atoms with van der Waals surface area (Å²) in [4.78, 5) is 23.9. The van der Waals surface area contributed by atoms with Gasteiger partial charge in [-0.3, -0.25) is 4.79 Å². The van der Waals surface area contributed by atoms with Gasteiger partial charge in [0.05, 0.1) is 11.6 Å². The van der Waals surface area contributed by atoms with Gasteiger partial charge in [0.2, 0.25) is 0 Å². The van der Waals surface area contributed by atoms with Crippen molar-refractivity contribution in [2.24, 2.45) is 0 Å². The van der Waals surface area contributed by atoms with Crippen molar-refractivity contribution in [1.29, 1.82) is 5.26 Å². The Kier molecular flexibility index (Phi) is 4.87. The molecular weight excluding hydrogens is 354 g/mol. The molecule has 2 aromatic carbocycles. The first-order valence-corrected chi connectivity index (χ1v) is 7.99. The minimum Gasteiger partial charge on any atom is -0.422 e. The zero-order valence-electron chi connectivity index (χ0n) is 13.7. The third-order valence-electron chi connectivity index (χ3n) is 3.57. The highest BCUT2D eigenvalue weighted by Crippen LogP contribution is 2.35. The average molecular weight is 366 g/mol. The molecule has 26 heavy (non-hydrogen) atoms. The number of benzene rings is 2. The van der Waals surface area contributed by atoms with Gasteiger partial charge in [-0.05, 0) is 41.5 Å². The van der Waals surface area contributed by atoms with Gasteiger partial charge in [-0.15, -0.1) is 0 Å². The van der Waals surface area contributed by atoms with Crippen LogP contribution in [0.1, 0.15) is 23.6 Å². The Hall–Kier alpha value is -3.36. The number of rotatable bonds is 3. The van der Waals surface area contributed by atoms with Crippen LogP contribution in [-0.2, 0) is 19.1 Å². The van der Waals surface area contributed by atoms with Gasteiger partial charge < -0.3 is 9.47 Å². The predicted molar refractivity (Wildman–Crippen MR) is 95.4 cm³/mol. The first kappa shape index (κ1) is 17.5. The van der Waals surface area contributed by atoms with E-state index >= 15 is 0 Å². The molecule has 0 bridgehead atoms. The van der Waals surface area contributed by atoms with Gasteiger partial charge >= 0.3 is 11.9 Å². The van der Waals surface area contributed by atoms with Crippen LogP contribution >= 0.6 is 11.6 Å². The molecule has 3 rings (SSSR count). The Morgan fingerprint density at radius 3 is 2.38 bits per heavy atom. The molecule has 0 saturated carbocycles. The molecule has 0 unspecified atom stereocenters. The number of carbonyl (C=O) groups excluding carboxylic acids is 2. The Balaban J connectivity index is 2.08. The number of cyclic esters (lactones) is 1. The van der Waals surface area contributed by atoms with E-state index in [0.717, 1.165) is 0 Å². The van der Waals surface area contributed by atoms with Gasteiger partial charge in [-0.25, -0.2) is 4.79 Å². The van der Waals surface area contributed by atoms with Gasteiger partial charge in [0, 0.05) is 11.9 Å². The molecule has 2 aromatic rings. The number of hydrogen-bond donors (Lipinski definition) is 0. The number of ether oxygens (including phenoxy) is 2. The minimum absolute atomic E-state index is 0.0502. The molecule has 0 spiro atoms. The summed E-state index contributed by atoms with van der Waals surface area (Å²) in [6.45, 7) is 1.24. The van der Waals surface area contributed by atoms with Crippen LogP contribution in [-0.4, -0.2) is 11.9 Å². The fourth-order valence-corrected chi connectivity index (χ4v) is 2.55. The first-order chi connectivity index (χ1) is 12.5. The number of halogens is 1. The summed E-state index contributed by atoms with van der Waals surface area (Å²) in [5.41, 5.74) is 1.87. The first-order valence-electron chi connectivity index (χ1n) is 7.61. The van der Waals surface area contributed by atoms with E-state index in [0.29, 0.717) is 21.7 Å². The molecule has 5 nitrogen and oxygen atoms in total. The Morgan fingerprint density at radius 2 is 1.81 bits per heavy atom. The molecule has 0 aliphatic carbocycles. The molecule has 0 N–H and O–H groups in total. The van der Waals surface area contributed by atoms with Crippen LogP contribution in [0.15, 0.2) is 60.0 Å². The third-order valence-corrected chi connectivity index (χ3v) is 3.83. The molecule has 0 radical (unpaired) electrons. The van der Waals surface area contributed by atoms with E-state index in [1.165, 1.54) is 6.92 Å². The van der Waals surface area contributed by atoms with Gasteiger partial charge in [0.25, 0.3) is 0 Å². The molecule has 1 aliphatic rings. The van der Waals surface area contributed by atoms with Crippen molar-refractivity contribution in [1.82, 2.24) is 0 Å². The van der Waals surface area contributed by atoms with Crippen LogP contribution in [0.4, 0.5) is 0 Å². The maximum absolute atomic E-state index is 12.4. The van der Waals surface area contributed by atoms with Crippen molar-refractivity contribution in [2.75, 3.05) is 0 Å². The summed E-state index contributed by atoms with van der Waals surface area (Å²) in [6, 6.07) is 15.3. The quantitative estimate of drug-likeness (QED) is 0.766. The van der Waals surface area contributed by atoms with E-state index in [4.69, 9.17) is 26.3 Å². The van der Waals surface area contributed by atoms with Gasteiger partial charge in [0.15, 0.2) is 11.5 Å². The molecular formula is C20H12ClNO4. The zero-order valence-corrected chi connectivity index (χ0v) is 14.4. The summed E-state index contributed by atoms with van der Waals surface area (Å²) in [7, 11) is 0. The molecule has 1 heterocycles. The summed E-state index contributed by atoms with van der Waals surface area (Å²) < 4.78 is 10.6. The fourth-order valence-electron chi connectivity index (χ4n) is 2.42. The highest BCUT2D eigenvalue weighted by atomic mass is 35.5. The number of esters is 2. The van der Waals surface area contributed by atoms with Crippen molar-refractivity contribution in [2.45, 2.75) is 6.92 Å². The van der Waals surface area contributed by atoms with Gasteiger partial charge in [-0.2, -0.15) is 5.26 Å². The number of carbonyl (C=O) groups is 2. The smallest absolute Gasteiger partial charge is 0.348 e. The lowest BCUT2D eigenvalue weighted by atomic mass is 10.0. The molecule has 128 valence electrons. The van der Waals surface area contributed by atoms with Crippen LogP contribution in [0.25, 0.3) is 11.6 Å². The van der Waals surface area contributed by atoms with Crippen molar-refractivity contribution >= 4 is 35.2 Å². The minimum atomic E-state index is -0.622. The maximum atomic E-state index is 12.4. The SMILES string of the molecule is CC(=O)OC1=C(c2ccc(Cl)cc2)C(=O)O/C1=C\c1ccc(C#N)cc1. The van der Waals surface area contributed by atoms with E-state index in [-0.39, 0.29) is 17.1 Å². The Bertz CT molecular complexity index is 980. The lowest BCUT2D eigenvalue weighted by Gasteiger charge is -2.05. The third kappa shape index (κ3) is 3.66. The average Bonchev–Trinajstić information content (AvgIpc) is 2.91. The fraction of sp³-hybridized carbons (Fsp3) is 0.0500. The molecule has 0 fully saturated rings. The van der Waals surface area contributed by atoms with Gasteiger partial charge in [0.1, 0.15) is 5.57 Å². The summed E-state index contributed by atoms with van der Waals surface area (Å²) >= 11 is 5.88. The Morgan fingerprint density at radius 1 is 1.15 bits per heavy atom. The molecule has 0 saturated heterocycles. The molecule has 0 atom stereocenters. The van der Waals surface area contributed by atoms with Crippen LogP contribution in [0.2, 0.25) is 5.02 Å². The normalized spacial score (nSPS) is 15.0. The van der Waals surface area contributed by atoms with Crippen LogP contribution in [0.5, 0.6) is 0 Å². The number of nitrogens with zero attached hydrogens (tertiary/aromatic N) is 1. The zero-order chi connectivity index (χ0) is 18.7. The van der Waals surface area contributed by atoms with Crippen LogP contribution in [0, 0.1) is 11.3 Å². The molecule has 1 aliphatic heterocycles. The second kappa shape index (κ2) is 7.26. The largest absolute Gasteiger partial charge is 0.422 e. The maximum Gasteiger partial charge on any atom is 0.348 e. The predicted octanol–water partition coefficient (Wildman–Crippen LogP) is 4.08. The highest BCUT2D eigenvalue weighted by Gasteiger charge is 2.33. The molecule has 0 amide bonds. The van der Waals surface area contributed by atoms with E-state index in [1.807, 2.05) is 6.07 Å². The Labute approximate surface area is 154 Å². The second-order valence-electron chi connectivity index (χ2n) is 5.44. The topological polar surface area (TPSA) is 76.4 Å². The van der Waals surface area contributed by atoms with E-state index < -0.39 is 11.9 Å². The standard InChI is InChI=1S/C20H12ClNO4/c1-12(23)25-19-17(10-13-2-4-14(11-22)5-3-13)26-20(24)18(19)15-6-8-16(21)9-7-15/h2-10H,1H3/b17-10-. The summed E-state index contributed by atoms with van der Waals surface area (Å²) in [5.74, 6) is -1.02. The van der Waals surface area contributed by atoms with Gasteiger partial charge in [-0.1, -0.05) is 35.9 Å². The summed E-state index contributed by atoms with van der Waals surface area (Å²) in [5, 5.41) is 9.38. The van der Waals surface area contributed by atoms with E-state index in [2.05, 4.69) is 0 Å². The van der Waals surface area contributed by atoms with E-state index in [9.17, 15) is 9.59 Å². The van der Waals surface area contributed by atoms with E-state index in [1.54, 1.807) is 54.6 Å². The lowest BCUT2D eigenvalue weighted by Crippen LogP contribution is -2.01. The summed E-state index contributed by atoms with van der Waals surface area (Å²) in [6.07, 6.45) is 1.57. The molecule has 6 heteroatoms. The molecule has 0 aromatic heterocycles. The number of nitriles is 1. The van der Waals surface area contributed by atoms with Crippen LogP contribution < -0.4 is 0 Å². The van der Waals surface area contributed by atoms with Crippen molar-refractivity contribution in [3.8, 4) is 6.07 Å². The van der Waals surface area contributed by atoms with Crippen molar-refractivity contribution in [3.05, 3.63) is 81.8 Å². The monoisotopic (exact) mass is 365 g/mol.